The topological polar surface area (TPSA) is 76.6 Å². The highest BCUT2D eigenvalue weighted by atomic mass is 16.5. The Balaban J connectivity index is 1.52. The van der Waals surface area contributed by atoms with Crippen LogP contribution in [-0.4, -0.2) is 70.9 Å². The molecule has 2 saturated heterocycles. The molecule has 1 aromatic heterocycles. The summed E-state index contributed by atoms with van der Waals surface area (Å²) >= 11 is 0. The average molecular weight is 279 g/mol. The van der Waals surface area contributed by atoms with Gasteiger partial charge in [-0.3, -0.25) is 14.4 Å². The Hall–Kier alpha value is -1.60. The number of hydrogen-bond donors (Lipinski definition) is 1. The maximum atomic E-state index is 12.2. The summed E-state index contributed by atoms with van der Waals surface area (Å²) in [7, 11) is 0. The standard InChI is InChI=1S/C13H21N5O2/c14-11-7-15-18(8-11)10-13(19)17-2-1-12(9-17)16-3-5-20-6-4-16/h7-8,12H,1-6,9-10,14H2. The molecule has 0 spiro atoms. The van der Waals surface area contributed by atoms with E-state index in [1.54, 1.807) is 17.1 Å². The number of hydrogen-bond acceptors (Lipinski definition) is 5. The third-order valence-corrected chi connectivity index (χ3v) is 4.03. The summed E-state index contributed by atoms with van der Waals surface area (Å²) in [6.07, 6.45) is 4.30. The van der Waals surface area contributed by atoms with Crippen molar-refractivity contribution in [1.29, 1.82) is 0 Å². The second kappa shape index (κ2) is 5.80. The molecule has 2 aliphatic heterocycles. The number of anilines is 1. The lowest BCUT2D eigenvalue weighted by Crippen LogP contribution is -2.45. The van der Waals surface area contributed by atoms with Gasteiger partial charge in [0.1, 0.15) is 6.54 Å². The van der Waals surface area contributed by atoms with Gasteiger partial charge in [-0.1, -0.05) is 0 Å². The van der Waals surface area contributed by atoms with E-state index in [-0.39, 0.29) is 12.5 Å². The van der Waals surface area contributed by atoms with Gasteiger partial charge in [0.25, 0.3) is 0 Å². The molecule has 110 valence electrons. The van der Waals surface area contributed by atoms with Crippen LogP contribution >= 0.6 is 0 Å². The van der Waals surface area contributed by atoms with E-state index in [1.165, 1.54) is 0 Å². The lowest BCUT2D eigenvalue weighted by Gasteiger charge is -2.32. The molecule has 2 fully saturated rings. The van der Waals surface area contributed by atoms with E-state index >= 15 is 0 Å². The van der Waals surface area contributed by atoms with E-state index in [0.717, 1.165) is 45.8 Å². The molecule has 3 rings (SSSR count). The summed E-state index contributed by atoms with van der Waals surface area (Å²) < 4.78 is 6.97. The van der Waals surface area contributed by atoms with Crippen LogP contribution in [0.3, 0.4) is 0 Å². The highest BCUT2D eigenvalue weighted by Crippen LogP contribution is 2.17. The molecule has 0 aromatic carbocycles. The predicted octanol–water partition coefficient (Wildman–Crippen LogP) is -0.602. The third-order valence-electron chi connectivity index (χ3n) is 4.03. The third kappa shape index (κ3) is 2.94. The maximum absolute atomic E-state index is 12.2. The van der Waals surface area contributed by atoms with E-state index in [4.69, 9.17) is 10.5 Å². The average Bonchev–Trinajstić information content (AvgIpc) is 3.09. The first-order valence-electron chi connectivity index (χ1n) is 7.10. The molecular formula is C13H21N5O2. The first kappa shape index (κ1) is 13.4. The zero-order chi connectivity index (χ0) is 13.9. The summed E-state index contributed by atoms with van der Waals surface area (Å²) in [6, 6.07) is 0.477. The van der Waals surface area contributed by atoms with Gasteiger partial charge in [0.05, 0.1) is 25.1 Å². The number of likely N-dealkylation sites (tertiary alicyclic amines) is 1. The highest BCUT2D eigenvalue weighted by molar-refractivity contribution is 5.76. The normalized spacial score (nSPS) is 24.2. The molecule has 1 unspecified atom stereocenters. The molecule has 0 radical (unpaired) electrons. The van der Waals surface area contributed by atoms with Gasteiger partial charge in [-0.2, -0.15) is 5.10 Å². The zero-order valence-corrected chi connectivity index (χ0v) is 11.6. The summed E-state index contributed by atoms with van der Waals surface area (Å²) in [5, 5.41) is 4.05. The van der Waals surface area contributed by atoms with Gasteiger partial charge >= 0.3 is 0 Å². The number of carbonyl (C=O) groups excluding carboxylic acids is 1. The smallest absolute Gasteiger partial charge is 0.244 e. The molecule has 20 heavy (non-hydrogen) atoms. The van der Waals surface area contributed by atoms with Gasteiger partial charge in [0.15, 0.2) is 0 Å². The molecule has 7 nitrogen and oxygen atoms in total. The van der Waals surface area contributed by atoms with Crippen LogP contribution < -0.4 is 5.73 Å². The zero-order valence-electron chi connectivity index (χ0n) is 11.6. The summed E-state index contributed by atoms with van der Waals surface area (Å²) in [5.41, 5.74) is 6.19. The molecule has 0 aliphatic carbocycles. The van der Waals surface area contributed by atoms with E-state index in [2.05, 4.69) is 10.00 Å². The van der Waals surface area contributed by atoms with Gasteiger partial charge in [-0.25, -0.2) is 0 Å². The largest absolute Gasteiger partial charge is 0.396 e. The van der Waals surface area contributed by atoms with E-state index in [0.29, 0.717) is 11.7 Å². The van der Waals surface area contributed by atoms with E-state index < -0.39 is 0 Å². The number of nitrogen functional groups attached to an aromatic ring is 1. The van der Waals surface area contributed by atoms with E-state index in [1.807, 2.05) is 4.90 Å². The Morgan fingerprint density at radius 3 is 2.90 bits per heavy atom. The molecule has 1 amide bonds. The van der Waals surface area contributed by atoms with Crippen molar-refractivity contribution in [2.24, 2.45) is 0 Å². The van der Waals surface area contributed by atoms with Crippen molar-refractivity contribution in [1.82, 2.24) is 19.6 Å². The van der Waals surface area contributed by atoms with Crippen molar-refractivity contribution in [3.05, 3.63) is 12.4 Å². The lowest BCUT2D eigenvalue weighted by atomic mass is 10.2. The van der Waals surface area contributed by atoms with Crippen molar-refractivity contribution in [3.63, 3.8) is 0 Å². The van der Waals surface area contributed by atoms with Crippen molar-refractivity contribution < 1.29 is 9.53 Å². The van der Waals surface area contributed by atoms with Gasteiger partial charge in [0, 0.05) is 38.4 Å². The van der Waals surface area contributed by atoms with E-state index in [9.17, 15) is 4.79 Å². The second-order valence-corrected chi connectivity index (χ2v) is 5.40. The number of nitrogens with two attached hydrogens (primary N) is 1. The maximum Gasteiger partial charge on any atom is 0.244 e. The number of rotatable bonds is 3. The van der Waals surface area contributed by atoms with Crippen molar-refractivity contribution in [3.8, 4) is 0 Å². The fourth-order valence-corrected chi connectivity index (χ4v) is 2.91. The van der Waals surface area contributed by atoms with Crippen LogP contribution in [0.5, 0.6) is 0 Å². The molecule has 7 heteroatoms. The Bertz CT molecular complexity index is 469. The molecule has 1 aromatic rings. The Morgan fingerprint density at radius 2 is 2.20 bits per heavy atom. The first-order valence-corrected chi connectivity index (χ1v) is 7.10. The fraction of sp³-hybridized carbons (Fsp3) is 0.692. The van der Waals surface area contributed by atoms with Crippen LogP contribution in [-0.2, 0) is 16.1 Å². The Morgan fingerprint density at radius 1 is 1.40 bits per heavy atom. The summed E-state index contributed by atoms with van der Waals surface area (Å²) in [5.74, 6) is 0.115. The molecule has 2 aliphatic rings. The van der Waals surface area contributed by atoms with Crippen molar-refractivity contribution >= 4 is 11.6 Å². The number of aromatic nitrogens is 2. The van der Waals surface area contributed by atoms with Crippen LogP contribution in [0.15, 0.2) is 12.4 Å². The van der Waals surface area contributed by atoms with Crippen LogP contribution in [0.1, 0.15) is 6.42 Å². The van der Waals surface area contributed by atoms with Gasteiger partial charge < -0.3 is 15.4 Å². The Kier molecular flexibility index (Phi) is 3.88. The minimum absolute atomic E-state index is 0.115. The molecule has 0 bridgehead atoms. The van der Waals surface area contributed by atoms with Gasteiger partial charge in [-0.15, -0.1) is 0 Å². The van der Waals surface area contributed by atoms with Crippen LogP contribution in [0.2, 0.25) is 0 Å². The molecule has 2 N–H and O–H groups in total. The quantitative estimate of drug-likeness (QED) is 0.799. The highest BCUT2D eigenvalue weighted by Gasteiger charge is 2.31. The fourth-order valence-electron chi connectivity index (χ4n) is 2.91. The number of carbonyl (C=O) groups is 1. The number of nitrogens with zero attached hydrogens (tertiary/aromatic N) is 4. The SMILES string of the molecule is Nc1cnn(CC(=O)N2CCC(N3CCOCC3)C2)c1. The first-order chi connectivity index (χ1) is 9.72. The van der Waals surface area contributed by atoms with Crippen LogP contribution in [0, 0.1) is 0 Å². The van der Waals surface area contributed by atoms with Crippen LogP contribution in [0.4, 0.5) is 5.69 Å². The Labute approximate surface area is 118 Å². The number of morpholine rings is 1. The molecule has 0 saturated carbocycles. The summed E-state index contributed by atoms with van der Waals surface area (Å²) in [4.78, 5) is 16.6. The monoisotopic (exact) mass is 279 g/mol. The lowest BCUT2D eigenvalue weighted by molar-refractivity contribution is -0.131. The van der Waals surface area contributed by atoms with Crippen molar-refractivity contribution in [2.45, 2.75) is 19.0 Å². The molecular weight excluding hydrogens is 258 g/mol. The minimum Gasteiger partial charge on any atom is -0.396 e. The van der Waals surface area contributed by atoms with Crippen molar-refractivity contribution in [2.75, 3.05) is 45.1 Å². The summed E-state index contributed by atoms with van der Waals surface area (Å²) in [6.45, 7) is 5.47. The van der Waals surface area contributed by atoms with Gasteiger partial charge in [-0.05, 0) is 6.42 Å². The molecule has 3 heterocycles. The number of amides is 1. The minimum atomic E-state index is 0.115. The number of ether oxygens (including phenoxy) is 1. The van der Waals surface area contributed by atoms with Gasteiger partial charge in [0.2, 0.25) is 5.91 Å². The molecule has 1 atom stereocenters. The second-order valence-electron chi connectivity index (χ2n) is 5.40. The van der Waals surface area contributed by atoms with Crippen LogP contribution in [0.25, 0.3) is 0 Å². The predicted molar refractivity (Wildman–Crippen MR) is 74.0 cm³/mol.